The zero-order chi connectivity index (χ0) is 16.7. The molecule has 0 fully saturated rings. The summed E-state index contributed by atoms with van der Waals surface area (Å²) in [5, 5.41) is 4.50. The van der Waals surface area contributed by atoms with Gasteiger partial charge in [0, 0.05) is 0 Å². The van der Waals surface area contributed by atoms with E-state index in [-0.39, 0.29) is 24.0 Å². The van der Waals surface area contributed by atoms with Crippen molar-refractivity contribution in [2.75, 3.05) is 6.16 Å². The molecule has 0 radical (unpaired) electrons. The summed E-state index contributed by atoms with van der Waals surface area (Å²) in [6.45, 7) is 2.29. The lowest BCUT2D eigenvalue weighted by Crippen LogP contribution is -3.00. The smallest absolute Gasteiger partial charge is 0.112 e. The molecule has 0 aromatic heterocycles. The Morgan fingerprint density at radius 1 is 0.560 bits per heavy atom. The second kappa shape index (κ2) is 10.1. The van der Waals surface area contributed by atoms with Crippen LogP contribution >= 0.6 is 7.26 Å². The van der Waals surface area contributed by atoms with Gasteiger partial charge in [-0.1, -0.05) is 74.4 Å². The van der Waals surface area contributed by atoms with Crippen molar-refractivity contribution in [3.8, 4) is 0 Å². The van der Waals surface area contributed by atoms with Crippen molar-refractivity contribution < 1.29 is 24.0 Å². The van der Waals surface area contributed by atoms with Gasteiger partial charge in [-0.25, -0.2) is 0 Å². The molecule has 0 nitrogen and oxygen atoms in total. The van der Waals surface area contributed by atoms with Crippen LogP contribution in [0.25, 0.3) is 0 Å². The summed E-state index contributed by atoms with van der Waals surface area (Å²) in [5.74, 6) is 0. The van der Waals surface area contributed by atoms with Crippen molar-refractivity contribution in [1.29, 1.82) is 0 Å². The molecule has 0 aliphatic carbocycles. The summed E-state index contributed by atoms with van der Waals surface area (Å²) >= 11 is 0. The van der Waals surface area contributed by atoms with Crippen molar-refractivity contribution in [1.82, 2.24) is 0 Å². The molecular formula is C23H26IP. The quantitative estimate of drug-likeness (QED) is 0.288. The fraction of sp³-hybridized carbons (Fsp3) is 0.217. The largest absolute Gasteiger partial charge is 1.00 e. The lowest BCUT2D eigenvalue weighted by Gasteiger charge is -2.27. The van der Waals surface area contributed by atoms with Crippen LogP contribution in [0.2, 0.25) is 0 Å². The van der Waals surface area contributed by atoms with Gasteiger partial charge in [-0.05, 0) is 42.8 Å². The maximum atomic E-state index is 2.33. The predicted molar refractivity (Wildman–Crippen MR) is 110 cm³/mol. The molecule has 0 saturated heterocycles. The maximum absolute atomic E-state index is 2.33. The molecule has 0 atom stereocenters. The Bertz CT molecular complexity index is 629. The third-order valence-electron chi connectivity index (χ3n) is 4.69. The van der Waals surface area contributed by atoms with Gasteiger partial charge in [-0.2, -0.15) is 0 Å². The standard InChI is InChI=1S/C23H26P.HI/c1-2-3-13-20-24(21-14-7-4-8-15-21,22-16-9-5-10-17-22)23-18-11-6-12-19-23;/h4-12,14-19H,2-3,13,20H2,1H3;1H/q+1;/p-1. The van der Waals surface area contributed by atoms with Gasteiger partial charge >= 0.3 is 0 Å². The lowest BCUT2D eigenvalue weighted by atomic mass is 10.3. The molecule has 3 aromatic rings. The molecule has 0 N–H and O–H groups in total. The molecule has 0 unspecified atom stereocenters. The third kappa shape index (κ3) is 4.51. The summed E-state index contributed by atoms with van der Waals surface area (Å²) in [5.41, 5.74) is 0. The molecule has 0 amide bonds. The van der Waals surface area contributed by atoms with E-state index in [9.17, 15) is 0 Å². The first-order valence-corrected chi connectivity index (χ1v) is 10.9. The molecule has 0 saturated carbocycles. The van der Waals surface area contributed by atoms with Crippen LogP contribution in [-0.2, 0) is 0 Å². The molecule has 2 heteroatoms. The number of halogens is 1. The van der Waals surface area contributed by atoms with Crippen molar-refractivity contribution in [2.24, 2.45) is 0 Å². The number of hydrogen-bond acceptors (Lipinski definition) is 0. The van der Waals surface area contributed by atoms with Crippen LogP contribution in [0.4, 0.5) is 0 Å². The van der Waals surface area contributed by atoms with E-state index in [1.165, 1.54) is 41.3 Å². The maximum Gasteiger partial charge on any atom is 0.112 e. The molecule has 0 spiro atoms. The van der Waals surface area contributed by atoms with Crippen LogP contribution in [0, 0.1) is 0 Å². The Morgan fingerprint density at radius 2 is 0.920 bits per heavy atom. The molecular weight excluding hydrogens is 434 g/mol. The van der Waals surface area contributed by atoms with Crippen LogP contribution in [0.3, 0.4) is 0 Å². The van der Waals surface area contributed by atoms with Crippen molar-refractivity contribution >= 4 is 23.2 Å². The van der Waals surface area contributed by atoms with Crippen molar-refractivity contribution in [3.63, 3.8) is 0 Å². The van der Waals surface area contributed by atoms with Gasteiger partial charge in [0.05, 0.1) is 6.16 Å². The zero-order valence-electron chi connectivity index (χ0n) is 14.8. The van der Waals surface area contributed by atoms with E-state index in [0.29, 0.717) is 0 Å². The molecule has 0 aliphatic rings. The summed E-state index contributed by atoms with van der Waals surface area (Å²) in [4.78, 5) is 0. The fourth-order valence-corrected chi connectivity index (χ4v) is 7.89. The zero-order valence-corrected chi connectivity index (χ0v) is 17.9. The molecule has 130 valence electrons. The summed E-state index contributed by atoms with van der Waals surface area (Å²) in [6, 6.07) is 33.5. The first-order valence-electron chi connectivity index (χ1n) is 8.93. The van der Waals surface area contributed by atoms with Crippen LogP contribution in [0.5, 0.6) is 0 Å². The first kappa shape index (κ1) is 20.1. The average Bonchev–Trinajstić information content (AvgIpc) is 2.68. The second-order valence-corrected chi connectivity index (χ2v) is 9.86. The molecule has 0 heterocycles. The van der Waals surface area contributed by atoms with Gasteiger partial charge in [0.25, 0.3) is 0 Å². The van der Waals surface area contributed by atoms with Gasteiger partial charge < -0.3 is 24.0 Å². The predicted octanol–water partition coefficient (Wildman–Crippen LogP) is 2.17. The van der Waals surface area contributed by atoms with Crippen molar-refractivity contribution in [3.05, 3.63) is 91.0 Å². The van der Waals surface area contributed by atoms with Gasteiger partial charge in [0.2, 0.25) is 0 Å². The van der Waals surface area contributed by atoms with Gasteiger partial charge in [0.1, 0.15) is 23.2 Å². The third-order valence-corrected chi connectivity index (χ3v) is 9.21. The first-order chi connectivity index (χ1) is 11.9. The minimum atomic E-state index is -1.58. The van der Waals surface area contributed by atoms with E-state index in [0.717, 1.165) is 0 Å². The molecule has 3 rings (SSSR count). The number of hydrogen-bond donors (Lipinski definition) is 0. The minimum absolute atomic E-state index is 0. The Morgan fingerprint density at radius 3 is 1.24 bits per heavy atom. The summed E-state index contributed by atoms with van der Waals surface area (Å²) in [7, 11) is -1.58. The van der Waals surface area contributed by atoms with Crippen LogP contribution in [-0.4, -0.2) is 6.16 Å². The molecule has 0 aliphatic heterocycles. The number of benzene rings is 3. The van der Waals surface area contributed by atoms with E-state index < -0.39 is 7.26 Å². The molecule has 0 bridgehead atoms. The summed E-state index contributed by atoms with van der Waals surface area (Å²) in [6.07, 6.45) is 5.09. The van der Waals surface area contributed by atoms with Gasteiger partial charge in [-0.3, -0.25) is 0 Å². The monoisotopic (exact) mass is 460 g/mol. The van der Waals surface area contributed by atoms with Crippen LogP contribution in [0.15, 0.2) is 91.0 Å². The number of unbranched alkanes of at least 4 members (excludes halogenated alkanes) is 2. The topological polar surface area (TPSA) is 0 Å². The molecule has 25 heavy (non-hydrogen) atoms. The molecule has 3 aromatic carbocycles. The number of rotatable bonds is 7. The van der Waals surface area contributed by atoms with E-state index >= 15 is 0 Å². The average molecular weight is 460 g/mol. The normalized spacial score (nSPS) is 10.9. The van der Waals surface area contributed by atoms with Gasteiger partial charge in [-0.15, -0.1) is 0 Å². The van der Waals surface area contributed by atoms with E-state index in [1.807, 2.05) is 0 Å². The van der Waals surface area contributed by atoms with Gasteiger partial charge in [0.15, 0.2) is 0 Å². The lowest BCUT2D eigenvalue weighted by molar-refractivity contribution is -0.00000477. The highest BCUT2D eigenvalue weighted by Gasteiger charge is 2.44. The minimum Gasteiger partial charge on any atom is -1.00 e. The Hall–Kier alpha value is -1.18. The Balaban J connectivity index is 0.00000225. The van der Waals surface area contributed by atoms with Crippen molar-refractivity contribution in [2.45, 2.75) is 26.2 Å². The highest BCUT2D eigenvalue weighted by molar-refractivity contribution is 7.95. The SMILES string of the molecule is CCCCC[P+](c1ccccc1)(c1ccccc1)c1ccccc1.[I-]. The Kier molecular flexibility index (Phi) is 8.12. The Labute approximate surface area is 170 Å². The van der Waals surface area contributed by atoms with E-state index in [1.54, 1.807) is 0 Å². The van der Waals surface area contributed by atoms with E-state index in [4.69, 9.17) is 0 Å². The van der Waals surface area contributed by atoms with E-state index in [2.05, 4.69) is 97.9 Å². The van der Waals surface area contributed by atoms with Crippen LogP contribution in [0.1, 0.15) is 26.2 Å². The van der Waals surface area contributed by atoms with Crippen LogP contribution < -0.4 is 39.9 Å². The highest BCUT2D eigenvalue weighted by Crippen LogP contribution is 2.55. The highest BCUT2D eigenvalue weighted by atomic mass is 127. The fourth-order valence-electron chi connectivity index (χ4n) is 3.48. The summed E-state index contributed by atoms with van der Waals surface area (Å²) < 4.78 is 0. The second-order valence-electron chi connectivity index (χ2n) is 6.25.